The lowest BCUT2D eigenvalue weighted by Crippen LogP contribution is -2.39. The molecule has 8 nitrogen and oxygen atoms in total. The molecule has 8 heteroatoms. The maximum atomic E-state index is 12.3. The van der Waals surface area contributed by atoms with Gasteiger partial charge in [0, 0.05) is 13.1 Å². The molecule has 0 aliphatic carbocycles. The van der Waals surface area contributed by atoms with Crippen LogP contribution in [-0.2, 0) is 17.9 Å². The standard InChI is InChI=1S/C23H34N6O2/c1-4-6-11-28(3)14-17-9-8-10-18(13-17)15-29-16-19(30)25-20-21(24)26-23(27-22(20)29)31-12-7-5-2/h8-10,13H,4-7,11-12,14-16H2,1-3H3,(H,25,30)(H2,24,26,27). The van der Waals surface area contributed by atoms with Crippen molar-refractivity contribution >= 4 is 23.2 Å². The van der Waals surface area contributed by atoms with Crippen LogP contribution in [0.2, 0.25) is 0 Å². The summed E-state index contributed by atoms with van der Waals surface area (Å²) >= 11 is 0. The molecule has 0 saturated carbocycles. The minimum absolute atomic E-state index is 0.127. The Morgan fingerprint density at radius 2 is 1.97 bits per heavy atom. The van der Waals surface area contributed by atoms with E-state index >= 15 is 0 Å². The zero-order valence-corrected chi connectivity index (χ0v) is 18.9. The van der Waals surface area contributed by atoms with Gasteiger partial charge >= 0.3 is 6.01 Å². The summed E-state index contributed by atoms with van der Waals surface area (Å²) in [5.74, 6) is 0.697. The van der Waals surface area contributed by atoms with Crippen molar-refractivity contribution in [2.75, 3.05) is 42.7 Å². The monoisotopic (exact) mass is 426 g/mol. The smallest absolute Gasteiger partial charge is 0.320 e. The van der Waals surface area contributed by atoms with Crippen molar-refractivity contribution in [2.45, 2.75) is 52.6 Å². The Morgan fingerprint density at radius 1 is 1.19 bits per heavy atom. The number of aromatic nitrogens is 2. The van der Waals surface area contributed by atoms with E-state index in [9.17, 15) is 4.79 Å². The number of benzene rings is 1. The molecule has 2 heterocycles. The third kappa shape index (κ3) is 6.30. The van der Waals surface area contributed by atoms with Crippen LogP contribution in [0.15, 0.2) is 24.3 Å². The van der Waals surface area contributed by atoms with E-state index in [0.29, 0.717) is 24.7 Å². The van der Waals surface area contributed by atoms with Gasteiger partial charge in [-0.3, -0.25) is 4.79 Å². The van der Waals surface area contributed by atoms with Gasteiger partial charge in [-0.25, -0.2) is 0 Å². The number of anilines is 3. The average Bonchev–Trinajstić information content (AvgIpc) is 2.73. The lowest BCUT2D eigenvalue weighted by molar-refractivity contribution is -0.115. The molecule has 1 aromatic carbocycles. The van der Waals surface area contributed by atoms with Crippen molar-refractivity contribution in [3.8, 4) is 6.01 Å². The Balaban J connectivity index is 1.78. The lowest BCUT2D eigenvalue weighted by Gasteiger charge is -2.30. The third-order valence-corrected chi connectivity index (χ3v) is 5.24. The molecule has 0 unspecified atom stereocenters. The summed E-state index contributed by atoms with van der Waals surface area (Å²) in [6.07, 6.45) is 4.32. The number of nitrogen functional groups attached to an aromatic ring is 1. The summed E-state index contributed by atoms with van der Waals surface area (Å²) < 4.78 is 5.67. The molecular weight excluding hydrogens is 392 g/mol. The van der Waals surface area contributed by atoms with E-state index in [-0.39, 0.29) is 24.3 Å². The summed E-state index contributed by atoms with van der Waals surface area (Å²) in [5.41, 5.74) is 8.93. The van der Waals surface area contributed by atoms with Crippen molar-refractivity contribution in [1.82, 2.24) is 14.9 Å². The molecule has 0 radical (unpaired) electrons. The number of ether oxygens (including phenoxy) is 1. The number of hydrogen-bond donors (Lipinski definition) is 2. The first kappa shape index (κ1) is 22.8. The fourth-order valence-corrected chi connectivity index (χ4v) is 3.59. The van der Waals surface area contributed by atoms with Crippen molar-refractivity contribution in [1.29, 1.82) is 0 Å². The Kier molecular flexibility index (Phi) is 8.06. The summed E-state index contributed by atoms with van der Waals surface area (Å²) in [6, 6.07) is 8.72. The molecular formula is C23H34N6O2. The van der Waals surface area contributed by atoms with E-state index in [1.165, 1.54) is 18.4 Å². The Hall–Kier alpha value is -2.87. The van der Waals surface area contributed by atoms with E-state index in [4.69, 9.17) is 10.5 Å². The quantitative estimate of drug-likeness (QED) is 0.531. The van der Waals surface area contributed by atoms with Gasteiger partial charge in [-0.05, 0) is 37.6 Å². The van der Waals surface area contributed by atoms with Crippen LogP contribution in [0.3, 0.4) is 0 Å². The Bertz CT molecular complexity index is 888. The Labute approximate surface area is 184 Å². The topological polar surface area (TPSA) is 96.6 Å². The van der Waals surface area contributed by atoms with Crippen LogP contribution >= 0.6 is 0 Å². The van der Waals surface area contributed by atoms with Crippen molar-refractivity contribution in [3.05, 3.63) is 35.4 Å². The first-order chi connectivity index (χ1) is 15.0. The fourth-order valence-electron chi connectivity index (χ4n) is 3.59. The molecule has 168 valence electrons. The van der Waals surface area contributed by atoms with Gasteiger partial charge in [-0.15, -0.1) is 0 Å². The number of carbonyl (C=O) groups is 1. The number of nitrogens with one attached hydrogen (secondary N) is 1. The summed E-state index contributed by atoms with van der Waals surface area (Å²) in [4.78, 5) is 25.3. The van der Waals surface area contributed by atoms with Gasteiger partial charge in [-0.2, -0.15) is 9.97 Å². The van der Waals surface area contributed by atoms with Crippen LogP contribution < -0.4 is 20.7 Å². The average molecular weight is 427 g/mol. The van der Waals surface area contributed by atoms with E-state index in [1.807, 2.05) is 4.90 Å². The second kappa shape index (κ2) is 10.9. The van der Waals surface area contributed by atoms with Crippen LogP contribution in [0.4, 0.5) is 17.3 Å². The van der Waals surface area contributed by atoms with Crippen LogP contribution in [0.5, 0.6) is 6.01 Å². The first-order valence-electron chi connectivity index (χ1n) is 11.1. The largest absolute Gasteiger partial charge is 0.463 e. The van der Waals surface area contributed by atoms with Gasteiger partial charge in [-0.1, -0.05) is 51.0 Å². The van der Waals surface area contributed by atoms with Crippen molar-refractivity contribution < 1.29 is 9.53 Å². The molecule has 0 saturated heterocycles. The van der Waals surface area contributed by atoms with Gasteiger partial charge in [0.2, 0.25) is 5.91 Å². The SMILES string of the molecule is CCCCOc1nc(N)c2c(n1)N(Cc1cccc(CN(C)CCCC)c1)CC(=O)N2. The first-order valence-corrected chi connectivity index (χ1v) is 11.1. The van der Waals surface area contributed by atoms with Gasteiger partial charge in [0.1, 0.15) is 5.69 Å². The maximum Gasteiger partial charge on any atom is 0.320 e. The highest BCUT2D eigenvalue weighted by Crippen LogP contribution is 2.34. The molecule has 1 aliphatic heterocycles. The number of hydrogen-bond acceptors (Lipinski definition) is 7. The molecule has 1 aliphatic rings. The third-order valence-electron chi connectivity index (χ3n) is 5.24. The molecule has 3 N–H and O–H groups in total. The molecule has 0 fully saturated rings. The fraction of sp³-hybridized carbons (Fsp3) is 0.522. The number of fused-ring (bicyclic) bond motifs is 1. The zero-order valence-electron chi connectivity index (χ0n) is 18.9. The predicted molar refractivity (Wildman–Crippen MR) is 124 cm³/mol. The minimum Gasteiger partial charge on any atom is -0.463 e. The molecule has 1 amide bonds. The van der Waals surface area contributed by atoms with E-state index < -0.39 is 0 Å². The molecule has 1 aromatic heterocycles. The molecule has 3 rings (SSSR count). The Morgan fingerprint density at radius 3 is 2.74 bits per heavy atom. The molecule has 2 aromatic rings. The number of carbonyl (C=O) groups excluding carboxylic acids is 1. The molecule has 0 bridgehead atoms. The molecule has 0 atom stereocenters. The summed E-state index contributed by atoms with van der Waals surface area (Å²) in [7, 11) is 2.15. The maximum absolute atomic E-state index is 12.3. The highest BCUT2D eigenvalue weighted by Gasteiger charge is 2.27. The van der Waals surface area contributed by atoms with Crippen molar-refractivity contribution in [3.63, 3.8) is 0 Å². The van der Waals surface area contributed by atoms with Gasteiger partial charge in [0.15, 0.2) is 11.6 Å². The summed E-state index contributed by atoms with van der Waals surface area (Å²) in [6.45, 7) is 7.58. The van der Waals surface area contributed by atoms with E-state index in [2.05, 4.69) is 65.3 Å². The highest BCUT2D eigenvalue weighted by molar-refractivity contribution is 6.03. The number of amides is 1. The van der Waals surface area contributed by atoms with Crippen LogP contribution in [0, 0.1) is 0 Å². The molecule has 0 spiro atoms. The second-order valence-electron chi connectivity index (χ2n) is 8.11. The highest BCUT2D eigenvalue weighted by atomic mass is 16.5. The number of nitrogens with two attached hydrogens (primary N) is 1. The van der Waals surface area contributed by atoms with Crippen molar-refractivity contribution in [2.24, 2.45) is 0 Å². The van der Waals surface area contributed by atoms with E-state index in [1.54, 1.807) is 0 Å². The van der Waals surface area contributed by atoms with Gasteiger partial charge in [0.05, 0.1) is 13.2 Å². The predicted octanol–water partition coefficient (Wildman–Crippen LogP) is 3.43. The number of rotatable bonds is 11. The lowest BCUT2D eigenvalue weighted by atomic mass is 10.1. The summed E-state index contributed by atoms with van der Waals surface area (Å²) in [5, 5.41) is 2.80. The number of nitrogens with zero attached hydrogens (tertiary/aromatic N) is 4. The molecule has 31 heavy (non-hydrogen) atoms. The normalized spacial score (nSPS) is 13.3. The minimum atomic E-state index is -0.127. The van der Waals surface area contributed by atoms with Crippen LogP contribution in [-0.4, -0.2) is 47.5 Å². The van der Waals surface area contributed by atoms with E-state index in [0.717, 1.165) is 31.5 Å². The van der Waals surface area contributed by atoms with Crippen LogP contribution in [0.1, 0.15) is 50.7 Å². The van der Waals surface area contributed by atoms with Crippen LogP contribution in [0.25, 0.3) is 0 Å². The van der Waals surface area contributed by atoms with Gasteiger partial charge in [0.25, 0.3) is 0 Å². The number of unbranched alkanes of at least 4 members (excludes halogenated alkanes) is 2. The van der Waals surface area contributed by atoms with Gasteiger partial charge < -0.3 is 25.6 Å². The second-order valence-corrected chi connectivity index (χ2v) is 8.11. The zero-order chi connectivity index (χ0) is 22.2.